The third kappa shape index (κ3) is 24.1. The largest absolute Gasteiger partial charge is 0.475 e. The SMILES string of the molecule is CCOC(=O)c1oc(C)nc1-c1cccc(I=C2C(=O)OC3(CCCC3)OC2=O)c1.Cc1nc(-c2cccc(I=C3C(=O)OC4(CCCC4)OC3=O)c2)c(C(=O)NC(Cc2ccccc2)C(=O)C(N)=O)o1.Cc1nc(-c2cccc(I=C3C(=O)OC4(CCCC4)OC3=O)c2)c(C(=O)NC(Cc2ccccc2)C(O)C(N)=O)o1.Cc1nc(-c2cccc(I=C3C(=O)OC4(CCCC4)OC3=O)c2)c(C(=O)O)o1. The van der Waals surface area contributed by atoms with Gasteiger partial charge in [-0.25, -0.2) is 67.9 Å². The van der Waals surface area contributed by atoms with Crippen LogP contribution in [0.15, 0.2) is 175 Å². The van der Waals surface area contributed by atoms with E-state index in [4.69, 9.17) is 71.8 Å². The molecule has 4 saturated heterocycles. The fraction of sp³-hybridized carbons (Fsp3) is 0.316. The van der Waals surface area contributed by atoms with E-state index in [1.807, 2.05) is 12.1 Å². The van der Waals surface area contributed by atoms with Crippen molar-refractivity contribution in [3.63, 3.8) is 0 Å². The van der Waals surface area contributed by atoms with E-state index in [9.17, 15) is 82.1 Å². The van der Waals surface area contributed by atoms with Crippen molar-refractivity contribution < 1.29 is 142 Å². The first kappa shape index (κ1) is 101. The molecule has 6 aromatic carbocycles. The van der Waals surface area contributed by atoms with Gasteiger partial charge in [-0.15, -0.1) is 0 Å². The predicted octanol–water partition coefficient (Wildman–Crippen LogP) is 11.8. The zero-order valence-electron chi connectivity index (χ0n) is 75.5. The van der Waals surface area contributed by atoms with E-state index in [-0.39, 0.29) is 91.3 Å². The molecule has 4 saturated carbocycles. The van der Waals surface area contributed by atoms with E-state index >= 15 is 0 Å². The minimum Gasteiger partial charge on any atom is -0.475 e. The Morgan fingerprint density at radius 3 is 0.957 bits per heavy atom. The molecule has 8 fully saturated rings. The normalized spacial score (nSPS) is 17.5. The van der Waals surface area contributed by atoms with Crippen LogP contribution >= 0.6 is 82.9 Å². The van der Waals surface area contributed by atoms with Crippen LogP contribution in [0, 0.1) is 42.0 Å². The van der Waals surface area contributed by atoms with Crippen molar-refractivity contribution in [1.82, 2.24) is 30.6 Å². The number of Topliss-reactive ketones (excluding diaryl/α,β-unsaturated/α-hetero) is 1. The summed E-state index contributed by atoms with van der Waals surface area (Å²) in [7, 11) is 0. The molecule has 42 heteroatoms. The van der Waals surface area contributed by atoms with E-state index in [0.717, 1.165) is 64.1 Å². The Balaban J connectivity index is 0.000000143. The van der Waals surface area contributed by atoms with Crippen LogP contribution in [-0.4, -0.2) is 181 Å². The van der Waals surface area contributed by atoms with Crippen molar-refractivity contribution in [2.24, 2.45) is 11.5 Å². The third-order valence-electron chi connectivity index (χ3n) is 22.8. The van der Waals surface area contributed by atoms with Gasteiger partial charge in [-0.2, -0.15) is 0 Å². The van der Waals surface area contributed by atoms with Gasteiger partial charge >= 0.3 is 59.7 Å². The Kier molecular flexibility index (Phi) is 31.9. The summed E-state index contributed by atoms with van der Waals surface area (Å²) in [5.41, 5.74) is 15.2. The lowest BCUT2D eigenvalue weighted by Gasteiger charge is -2.32. The number of carboxylic acid groups (broad SMARTS) is 1. The van der Waals surface area contributed by atoms with Crippen molar-refractivity contribution >= 4 is 186 Å². The monoisotopic (exact) mass is 2370 g/mol. The van der Waals surface area contributed by atoms with Crippen molar-refractivity contribution in [2.45, 2.75) is 192 Å². The van der Waals surface area contributed by atoms with Crippen LogP contribution < -0.4 is 22.1 Å². The van der Waals surface area contributed by atoms with Crippen LogP contribution in [0.5, 0.6) is 0 Å². The molecule has 0 radical (unpaired) electrons. The number of rotatable bonds is 23. The number of esters is 9. The van der Waals surface area contributed by atoms with Crippen molar-refractivity contribution in [3.05, 3.63) is 230 Å². The molecule has 140 heavy (non-hydrogen) atoms. The average Bonchev–Trinajstić information content (AvgIpc) is 1.72. The zero-order chi connectivity index (χ0) is 99.5. The molecule has 4 aliphatic heterocycles. The minimum atomic E-state index is -1.64. The number of ether oxygens (including phenoxy) is 9. The summed E-state index contributed by atoms with van der Waals surface area (Å²) in [5.74, 6) is -15.3. The Morgan fingerprint density at radius 2 is 0.664 bits per heavy atom. The van der Waals surface area contributed by atoms with Crippen LogP contribution in [0.2, 0.25) is 0 Å². The number of halogens is 4. The number of benzene rings is 6. The topological polar surface area (TPSA) is 560 Å². The first-order valence-electron chi connectivity index (χ1n) is 44.2. The number of aromatic carboxylic acids is 1. The third-order valence-corrected chi connectivity index (χ3v) is 33.6. The molecule has 730 valence electrons. The van der Waals surface area contributed by atoms with E-state index in [1.54, 1.807) is 180 Å². The number of hydrogen-bond donors (Lipinski definition) is 6. The van der Waals surface area contributed by atoms with Crippen molar-refractivity contribution in [3.8, 4) is 45.0 Å². The molecule has 4 aliphatic carbocycles. The minimum absolute atomic E-state index is 0.00281. The molecular weight excluding hydrogens is 2280 g/mol. The molecule has 8 aliphatic rings. The van der Waals surface area contributed by atoms with E-state index in [1.165, 1.54) is 0 Å². The first-order chi connectivity index (χ1) is 67.0. The van der Waals surface area contributed by atoms with Gasteiger partial charge in [0.15, 0.2) is 43.7 Å². The Hall–Kier alpha value is -13.2. The molecule has 10 aromatic rings. The number of ketones is 1. The summed E-state index contributed by atoms with van der Waals surface area (Å²) in [6, 6.07) is 43.6. The number of aryl methyl sites for hydroxylation is 4. The van der Waals surface area contributed by atoms with Gasteiger partial charge in [0.2, 0.25) is 34.7 Å². The second-order valence-electron chi connectivity index (χ2n) is 33.0. The summed E-state index contributed by atoms with van der Waals surface area (Å²) in [6.07, 6.45) is 9.48. The van der Waals surface area contributed by atoms with Crippen LogP contribution in [0.25, 0.3) is 45.0 Å². The number of carbonyl (C=O) groups is 15. The predicted molar refractivity (Wildman–Crippen MR) is 526 cm³/mol. The van der Waals surface area contributed by atoms with E-state index < -0.39 is 213 Å². The standard InChI is InChI=1S/C29H28IN3O8.C29H26IN3O8.C21H20INO7.C19H16INO7/c2*1-16-32-22(24(39-16)26(36)33-20(23(34)25(31)35)14-17-8-3-2-4-9-17)18-10-7-11-19(15-18)30-21-27(37)40-29(41-28(21)38)12-5-6-13-29;1-3-27-20(26)17-16(23-12(2)28-17)13-7-6-8-14(11-13)22-15-18(24)29-21(30-19(15)25)9-4-5-10-21;1-10-21-14(15(26-10)16(22)23)11-5-4-6-12(9-11)20-13-17(24)27-19(28-18(13)25)7-2-3-8-19/h2-4,7-11,15,20,23,34H,5-6,12-14H2,1H3,(H2,31,35)(H,33,36);2-4,7-11,15,20H,5-6,12-14H2,1H3,(H2,31,35)(H,33,36);6-8,11H,3-5,9-10H2,1-2H3;4-6,9H,2-3,7-8H2,1H3,(H,22,23). The highest BCUT2D eigenvalue weighted by Gasteiger charge is 2.53. The maximum atomic E-state index is 13.4. The highest BCUT2D eigenvalue weighted by Crippen LogP contribution is 2.44. The number of primary amides is 2. The fourth-order valence-corrected chi connectivity index (χ4v) is 25.0. The molecule has 8 N–H and O–H groups in total. The lowest BCUT2D eigenvalue weighted by molar-refractivity contribution is -0.226. The molecule has 0 bridgehead atoms. The summed E-state index contributed by atoms with van der Waals surface area (Å²) < 4.78 is 74.0. The number of nitrogens with one attached hydrogen (secondary N) is 2. The molecular formula is C98H90I4N8O30. The molecule has 4 aromatic heterocycles. The molecule has 3 atom stereocenters. The smallest absolute Gasteiger partial charge is 0.376 e. The zero-order valence-corrected chi connectivity index (χ0v) is 84.1. The molecule has 8 heterocycles. The van der Waals surface area contributed by atoms with E-state index in [2.05, 4.69) is 30.6 Å². The highest BCUT2D eigenvalue weighted by atomic mass is 127. The van der Waals surface area contributed by atoms with Gasteiger partial charge in [-0.05, 0) is 124 Å². The van der Waals surface area contributed by atoms with Gasteiger partial charge in [-0.3, -0.25) is 24.0 Å². The van der Waals surface area contributed by atoms with Gasteiger partial charge in [0, 0.05) is 122 Å². The quantitative estimate of drug-likeness (QED) is 0.0150. The maximum absolute atomic E-state index is 13.4. The summed E-state index contributed by atoms with van der Waals surface area (Å²) in [6.45, 7) is 8.28. The van der Waals surface area contributed by atoms with E-state index in [0.29, 0.717) is 97.9 Å². The number of hydrogen-bond acceptors (Lipinski definition) is 33. The number of amides is 4. The molecule has 3 unspecified atom stereocenters. The summed E-state index contributed by atoms with van der Waals surface area (Å²) >= 11 is -4.87. The van der Waals surface area contributed by atoms with Gasteiger partial charge in [0.25, 0.3) is 40.9 Å². The summed E-state index contributed by atoms with van der Waals surface area (Å²) in [4.78, 5) is 204. The number of aliphatic hydroxyl groups is 1. The lowest BCUT2D eigenvalue weighted by Crippen LogP contribution is -2.50. The fourth-order valence-electron chi connectivity index (χ4n) is 16.4. The number of aromatic nitrogens is 4. The molecule has 4 amide bonds. The Bertz CT molecular complexity index is 6660. The number of nitrogens with two attached hydrogens (primary N) is 2. The number of carbonyl (C=O) groups excluding carboxylic acids is 14. The molecule has 4 spiro atoms. The van der Waals surface area contributed by atoms with Crippen molar-refractivity contribution in [2.75, 3.05) is 6.61 Å². The van der Waals surface area contributed by atoms with Gasteiger partial charge < -0.3 is 92.6 Å². The second kappa shape index (κ2) is 44.1. The van der Waals surface area contributed by atoms with Gasteiger partial charge in [0.1, 0.15) is 28.8 Å². The number of nitrogens with zero attached hydrogens (tertiary/aromatic N) is 4. The van der Waals surface area contributed by atoms with Crippen LogP contribution in [0.4, 0.5) is 0 Å². The Labute approximate surface area is 836 Å². The average molecular weight is 2370 g/mol. The maximum Gasteiger partial charge on any atom is 0.376 e. The van der Waals surface area contributed by atoms with Crippen LogP contribution in [0.3, 0.4) is 0 Å². The van der Waals surface area contributed by atoms with Crippen LogP contribution in [-0.2, 0) is 108 Å². The Morgan fingerprint density at radius 1 is 0.386 bits per heavy atom. The van der Waals surface area contributed by atoms with Crippen LogP contribution in [0.1, 0.15) is 187 Å². The first-order valence-corrected chi connectivity index (χ1v) is 52.8. The summed E-state index contributed by atoms with van der Waals surface area (Å²) in [5, 5.41) is 24.9. The number of aliphatic hydroxyl groups excluding tert-OH is 1. The van der Waals surface area contributed by atoms with Gasteiger partial charge in [-0.1, -0.05) is 192 Å². The molecule has 38 nitrogen and oxygen atoms in total. The number of oxazole rings is 4. The lowest BCUT2D eigenvalue weighted by atomic mass is 10.0. The highest BCUT2D eigenvalue weighted by molar-refractivity contribution is 14.2. The number of carboxylic acids is 1. The van der Waals surface area contributed by atoms with Crippen molar-refractivity contribution in [1.29, 1.82) is 0 Å². The van der Waals surface area contributed by atoms with Gasteiger partial charge in [0.05, 0.1) is 12.6 Å². The molecule has 18 rings (SSSR count). The second-order valence-corrected chi connectivity index (χ2v) is 44.4.